The Bertz CT molecular complexity index is 381. The molecule has 112 valence electrons. The van der Waals surface area contributed by atoms with Crippen LogP contribution in [-0.4, -0.2) is 50.7 Å². The van der Waals surface area contributed by atoms with E-state index in [0.717, 1.165) is 12.8 Å². The van der Waals surface area contributed by atoms with E-state index in [1.807, 2.05) is 30.1 Å². The summed E-state index contributed by atoms with van der Waals surface area (Å²) < 4.78 is 4.94. The van der Waals surface area contributed by atoms with Gasteiger partial charge in [-0.1, -0.05) is 37.3 Å². The Morgan fingerprint density at radius 1 is 1.35 bits per heavy atom. The standard InChI is InChI=1S/C16H26N2O2/c1-4-15(12-14-8-6-5-7-9-14)18(2)16(19)13-17-10-11-20-3/h5-9,15,17H,4,10-13H2,1-3H3. The average Bonchev–Trinajstić information content (AvgIpc) is 2.49. The van der Waals surface area contributed by atoms with Crippen molar-refractivity contribution in [1.29, 1.82) is 0 Å². The first-order valence-corrected chi connectivity index (χ1v) is 7.18. The topological polar surface area (TPSA) is 41.6 Å². The Kier molecular flexibility index (Phi) is 7.92. The number of benzene rings is 1. The monoisotopic (exact) mass is 278 g/mol. The maximum atomic E-state index is 12.1. The van der Waals surface area contributed by atoms with E-state index in [4.69, 9.17) is 4.74 Å². The van der Waals surface area contributed by atoms with Crippen molar-refractivity contribution in [2.75, 3.05) is 33.9 Å². The molecule has 0 aromatic heterocycles. The summed E-state index contributed by atoms with van der Waals surface area (Å²) >= 11 is 0. The highest BCUT2D eigenvalue weighted by Crippen LogP contribution is 2.10. The number of amides is 1. The molecule has 20 heavy (non-hydrogen) atoms. The molecule has 0 heterocycles. The zero-order chi connectivity index (χ0) is 14.8. The largest absolute Gasteiger partial charge is 0.383 e. The lowest BCUT2D eigenvalue weighted by atomic mass is 10.0. The number of hydrogen-bond donors (Lipinski definition) is 1. The molecular formula is C16H26N2O2. The van der Waals surface area contributed by atoms with Gasteiger partial charge in [0.25, 0.3) is 0 Å². The van der Waals surface area contributed by atoms with Gasteiger partial charge in [0.2, 0.25) is 5.91 Å². The van der Waals surface area contributed by atoms with Crippen LogP contribution in [0.1, 0.15) is 18.9 Å². The third-order valence-corrected chi connectivity index (χ3v) is 3.49. The van der Waals surface area contributed by atoms with E-state index in [2.05, 4.69) is 24.4 Å². The number of nitrogens with zero attached hydrogens (tertiary/aromatic N) is 1. The molecule has 0 spiro atoms. The van der Waals surface area contributed by atoms with Crippen molar-refractivity contribution in [2.24, 2.45) is 0 Å². The molecule has 0 radical (unpaired) electrons. The molecule has 0 saturated heterocycles. The van der Waals surface area contributed by atoms with E-state index in [9.17, 15) is 4.79 Å². The summed E-state index contributed by atoms with van der Waals surface area (Å²) in [5.74, 6) is 0.129. The molecule has 1 atom stereocenters. The van der Waals surface area contributed by atoms with Crippen LogP contribution in [0.3, 0.4) is 0 Å². The molecule has 0 bridgehead atoms. The quantitative estimate of drug-likeness (QED) is 0.699. The van der Waals surface area contributed by atoms with E-state index in [1.54, 1.807) is 7.11 Å². The van der Waals surface area contributed by atoms with Crippen molar-refractivity contribution in [3.8, 4) is 0 Å². The van der Waals surface area contributed by atoms with Gasteiger partial charge in [0, 0.05) is 26.7 Å². The Labute approximate surface area is 122 Å². The van der Waals surface area contributed by atoms with Crippen LogP contribution in [-0.2, 0) is 16.0 Å². The first-order valence-electron chi connectivity index (χ1n) is 7.18. The summed E-state index contributed by atoms with van der Waals surface area (Å²) in [7, 11) is 3.54. The fraction of sp³-hybridized carbons (Fsp3) is 0.562. The number of carbonyl (C=O) groups excluding carboxylic acids is 1. The highest BCUT2D eigenvalue weighted by atomic mass is 16.5. The normalized spacial score (nSPS) is 12.2. The molecule has 0 fully saturated rings. The second-order valence-corrected chi connectivity index (χ2v) is 4.93. The van der Waals surface area contributed by atoms with Crippen molar-refractivity contribution < 1.29 is 9.53 Å². The summed E-state index contributed by atoms with van der Waals surface area (Å²) in [5, 5.41) is 3.09. The minimum atomic E-state index is 0.129. The van der Waals surface area contributed by atoms with Crippen molar-refractivity contribution in [3.05, 3.63) is 35.9 Å². The number of likely N-dealkylation sites (N-methyl/N-ethyl adjacent to an activating group) is 1. The first-order chi connectivity index (χ1) is 9.69. The zero-order valence-electron chi connectivity index (χ0n) is 12.8. The van der Waals surface area contributed by atoms with Crippen LogP contribution in [0.5, 0.6) is 0 Å². The van der Waals surface area contributed by atoms with E-state index in [-0.39, 0.29) is 11.9 Å². The lowest BCUT2D eigenvalue weighted by Gasteiger charge is -2.27. The lowest BCUT2D eigenvalue weighted by molar-refractivity contribution is -0.131. The summed E-state index contributed by atoms with van der Waals surface area (Å²) in [5.41, 5.74) is 1.27. The van der Waals surface area contributed by atoms with Gasteiger partial charge in [-0.3, -0.25) is 4.79 Å². The zero-order valence-corrected chi connectivity index (χ0v) is 12.8. The molecule has 1 aromatic rings. The lowest BCUT2D eigenvalue weighted by Crippen LogP contribution is -2.43. The van der Waals surface area contributed by atoms with Crippen LogP contribution in [0.2, 0.25) is 0 Å². The van der Waals surface area contributed by atoms with E-state index < -0.39 is 0 Å². The molecule has 0 aliphatic rings. The van der Waals surface area contributed by atoms with Crippen LogP contribution in [0, 0.1) is 0 Å². The van der Waals surface area contributed by atoms with Gasteiger partial charge in [-0.05, 0) is 18.4 Å². The third kappa shape index (κ3) is 5.72. The van der Waals surface area contributed by atoms with Crippen LogP contribution < -0.4 is 5.32 Å². The fourth-order valence-corrected chi connectivity index (χ4v) is 2.14. The summed E-state index contributed by atoms with van der Waals surface area (Å²) in [6.07, 6.45) is 1.85. The molecule has 0 saturated carbocycles. The Morgan fingerprint density at radius 2 is 2.05 bits per heavy atom. The van der Waals surface area contributed by atoms with E-state index in [0.29, 0.717) is 19.7 Å². The average molecular weight is 278 g/mol. The van der Waals surface area contributed by atoms with Crippen molar-refractivity contribution in [3.63, 3.8) is 0 Å². The second-order valence-electron chi connectivity index (χ2n) is 4.93. The van der Waals surface area contributed by atoms with E-state index >= 15 is 0 Å². The van der Waals surface area contributed by atoms with Crippen LogP contribution >= 0.6 is 0 Å². The number of nitrogens with one attached hydrogen (secondary N) is 1. The molecule has 1 rings (SSSR count). The van der Waals surface area contributed by atoms with Crippen molar-refractivity contribution in [1.82, 2.24) is 10.2 Å². The second kappa shape index (κ2) is 9.50. The molecule has 0 aliphatic heterocycles. The molecule has 1 aromatic carbocycles. The molecule has 1 unspecified atom stereocenters. The number of carbonyl (C=O) groups is 1. The summed E-state index contributed by atoms with van der Waals surface area (Å²) in [6, 6.07) is 10.6. The predicted molar refractivity (Wildman–Crippen MR) is 81.7 cm³/mol. The Hall–Kier alpha value is -1.39. The van der Waals surface area contributed by atoms with Gasteiger partial charge in [0.05, 0.1) is 13.2 Å². The maximum Gasteiger partial charge on any atom is 0.236 e. The van der Waals surface area contributed by atoms with Crippen LogP contribution in [0.15, 0.2) is 30.3 Å². The molecule has 1 N–H and O–H groups in total. The SMILES string of the molecule is CCC(Cc1ccccc1)N(C)C(=O)CNCCOC. The van der Waals surface area contributed by atoms with E-state index in [1.165, 1.54) is 5.56 Å². The fourth-order valence-electron chi connectivity index (χ4n) is 2.14. The smallest absolute Gasteiger partial charge is 0.236 e. The van der Waals surface area contributed by atoms with Gasteiger partial charge in [-0.2, -0.15) is 0 Å². The highest BCUT2D eigenvalue weighted by Gasteiger charge is 2.18. The van der Waals surface area contributed by atoms with Crippen molar-refractivity contribution in [2.45, 2.75) is 25.8 Å². The van der Waals surface area contributed by atoms with Crippen molar-refractivity contribution >= 4 is 5.91 Å². The molecule has 0 aliphatic carbocycles. The van der Waals surface area contributed by atoms with Gasteiger partial charge in [-0.25, -0.2) is 0 Å². The predicted octanol–water partition coefficient (Wildman–Crippen LogP) is 1.70. The van der Waals surface area contributed by atoms with Crippen LogP contribution in [0.4, 0.5) is 0 Å². The minimum absolute atomic E-state index is 0.129. The van der Waals surface area contributed by atoms with Crippen LogP contribution in [0.25, 0.3) is 0 Å². The summed E-state index contributed by atoms with van der Waals surface area (Å²) in [6.45, 7) is 3.81. The molecule has 4 heteroatoms. The van der Waals surface area contributed by atoms with Gasteiger partial charge in [0.15, 0.2) is 0 Å². The molecular weight excluding hydrogens is 252 g/mol. The van der Waals surface area contributed by atoms with Gasteiger partial charge in [-0.15, -0.1) is 0 Å². The molecule has 1 amide bonds. The summed E-state index contributed by atoms with van der Waals surface area (Å²) in [4.78, 5) is 14.0. The Balaban J connectivity index is 2.45. The van der Waals surface area contributed by atoms with Gasteiger partial charge >= 0.3 is 0 Å². The Morgan fingerprint density at radius 3 is 2.65 bits per heavy atom. The number of ether oxygens (including phenoxy) is 1. The highest BCUT2D eigenvalue weighted by molar-refractivity contribution is 5.78. The third-order valence-electron chi connectivity index (χ3n) is 3.49. The molecule has 4 nitrogen and oxygen atoms in total. The number of rotatable bonds is 9. The number of methoxy groups -OCH3 is 1. The number of hydrogen-bond acceptors (Lipinski definition) is 3. The first kappa shape index (κ1) is 16.7. The minimum Gasteiger partial charge on any atom is -0.383 e. The maximum absolute atomic E-state index is 12.1. The van der Waals surface area contributed by atoms with Gasteiger partial charge < -0.3 is 15.0 Å². The van der Waals surface area contributed by atoms with Gasteiger partial charge in [0.1, 0.15) is 0 Å².